The minimum atomic E-state index is -0.447. The number of aromatic nitrogens is 2. The smallest absolute Gasteiger partial charge is 0.131 e. The molecule has 1 saturated carbocycles. The normalized spacial score (nSPS) is 28.7. The van der Waals surface area contributed by atoms with E-state index >= 15 is 0 Å². The molecule has 4 atom stereocenters. The van der Waals surface area contributed by atoms with Crippen molar-refractivity contribution in [2.75, 3.05) is 6.61 Å². The number of rotatable bonds is 6. The van der Waals surface area contributed by atoms with Crippen molar-refractivity contribution < 1.29 is 10.2 Å². The minimum Gasteiger partial charge on any atom is -0.396 e. The summed E-state index contributed by atoms with van der Waals surface area (Å²) in [4.78, 5) is 8.95. The third kappa shape index (κ3) is 4.03. The van der Waals surface area contributed by atoms with E-state index in [4.69, 9.17) is 0 Å². The molecule has 3 N–H and O–H groups in total. The molecule has 124 valence electrons. The predicted octanol–water partition coefficient (Wildman–Crippen LogP) is 1.50. The molecule has 1 aliphatic rings. The second-order valence-electron chi connectivity index (χ2n) is 7.01. The van der Waals surface area contributed by atoms with Gasteiger partial charge in [-0.05, 0) is 24.8 Å². The largest absolute Gasteiger partial charge is 0.396 e. The van der Waals surface area contributed by atoms with Gasteiger partial charge in [0.25, 0.3) is 0 Å². The highest BCUT2D eigenvalue weighted by Gasteiger charge is 2.42. The molecule has 5 heteroatoms. The average molecular weight is 307 g/mol. The maximum Gasteiger partial charge on any atom is 0.131 e. The molecule has 2 rings (SSSR count). The standard InChI is InChI=1S/C17H29N3O2/c1-10(2)17-18-6-5-12(20-17)7-13-14(9-21)16(22)8-15(13)19-11(3)4/h5-6,10-11,13-16,19,21-22H,7-9H2,1-4H3/t13-,14-,15-,16-/m1/s1. The van der Waals surface area contributed by atoms with Crippen LogP contribution in [0, 0.1) is 11.8 Å². The first-order chi connectivity index (χ1) is 10.4. The van der Waals surface area contributed by atoms with Crippen LogP contribution in [-0.2, 0) is 6.42 Å². The Labute approximate surface area is 133 Å². The van der Waals surface area contributed by atoms with Gasteiger partial charge in [0.05, 0.1) is 6.10 Å². The molecule has 1 aromatic heterocycles. The van der Waals surface area contributed by atoms with Gasteiger partial charge in [-0.3, -0.25) is 0 Å². The van der Waals surface area contributed by atoms with Gasteiger partial charge in [-0.25, -0.2) is 9.97 Å². The molecule has 0 saturated heterocycles. The van der Waals surface area contributed by atoms with Crippen LogP contribution >= 0.6 is 0 Å². The number of nitrogens with one attached hydrogen (secondary N) is 1. The molecule has 0 aliphatic heterocycles. The van der Waals surface area contributed by atoms with Crippen molar-refractivity contribution in [2.24, 2.45) is 11.8 Å². The number of aliphatic hydroxyl groups is 2. The van der Waals surface area contributed by atoms with Gasteiger partial charge in [-0.1, -0.05) is 27.7 Å². The lowest BCUT2D eigenvalue weighted by Gasteiger charge is -2.26. The van der Waals surface area contributed by atoms with Gasteiger partial charge in [0.2, 0.25) is 0 Å². The molecular weight excluding hydrogens is 278 g/mol. The molecule has 0 amide bonds. The summed E-state index contributed by atoms with van der Waals surface area (Å²) >= 11 is 0. The quantitative estimate of drug-likeness (QED) is 0.742. The topological polar surface area (TPSA) is 78.3 Å². The average Bonchev–Trinajstić information content (AvgIpc) is 2.73. The van der Waals surface area contributed by atoms with Crippen LogP contribution in [0.5, 0.6) is 0 Å². The molecule has 0 aromatic carbocycles. The van der Waals surface area contributed by atoms with E-state index in [1.807, 2.05) is 12.3 Å². The van der Waals surface area contributed by atoms with Crippen molar-refractivity contribution in [3.05, 3.63) is 23.8 Å². The molecule has 1 aromatic rings. The third-order valence-electron chi connectivity index (χ3n) is 4.51. The Morgan fingerprint density at radius 1 is 1.27 bits per heavy atom. The maximum absolute atomic E-state index is 10.2. The molecule has 1 aliphatic carbocycles. The molecule has 0 bridgehead atoms. The first kappa shape index (κ1) is 17.3. The fourth-order valence-electron chi connectivity index (χ4n) is 3.41. The van der Waals surface area contributed by atoms with Gasteiger partial charge in [0.1, 0.15) is 5.82 Å². The van der Waals surface area contributed by atoms with Gasteiger partial charge in [0, 0.05) is 42.4 Å². The fourth-order valence-corrected chi connectivity index (χ4v) is 3.41. The summed E-state index contributed by atoms with van der Waals surface area (Å²) in [7, 11) is 0. The van der Waals surface area contributed by atoms with Crippen LogP contribution in [0.4, 0.5) is 0 Å². The molecule has 22 heavy (non-hydrogen) atoms. The van der Waals surface area contributed by atoms with Crippen molar-refractivity contribution >= 4 is 0 Å². The van der Waals surface area contributed by atoms with E-state index in [9.17, 15) is 10.2 Å². The number of hydrogen-bond donors (Lipinski definition) is 3. The van der Waals surface area contributed by atoms with Crippen LogP contribution in [-0.4, -0.2) is 45.0 Å². The maximum atomic E-state index is 10.2. The Bertz CT molecular complexity index is 479. The zero-order valence-electron chi connectivity index (χ0n) is 14.0. The molecule has 1 fully saturated rings. The van der Waals surface area contributed by atoms with Gasteiger partial charge in [0.15, 0.2) is 0 Å². The second kappa shape index (κ2) is 7.49. The SMILES string of the molecule is CC(C)N[C@@H]1C[C@@H](O)[C@H](CO)[C@H]1Cc1ccnc(C(C)C)n1. The first-order valence-corrected chi connectivity index (χ1v) is 8.29. The van der Waals surface area contributed by atoms with Gasteiger partial charge in [-0.2, -0.15) is 0 Å². The first-order valence-electron chi connectivity index (χ1n) is 8.29. The van der Waals surface area contributed by atoms with Crippen LogP contribution in [0.2, 0.25) is 0 Å². The molecule has 0 unspecified atom stereocenters. The number of nitrogens with zero attached hydrogens (tertiary/aromatic N) is 2. The summed E-state index contributed by atoms with van der Waals surface area (Å²) in [5.41, 5.74) is 0.992. The highest BCUT2D eigenvalue weighted by Crippen LogP contribution is 2.35. The fraction of sp³-hybridized carbons (Fsp3) is 0.765. The monoisotopic (exact) mass is 307 g/mol. The molecule has 0 radical (unpaired) electrons. The van der Waals surface area contributed by atoms with Crippen molar-refractivity contribution in [3.8, 4) is 0 Å². The van der Waals surface area contributed by atoms with Gasteiger partial charge in [-0.15, -0.1) is 0 Å². The zero-order chi connectivity index (χ0) is 16.3. The van der Waals surface area contributed by atoms with E-state index in [2.05, 4.69) is 43.0 Å². The van der Waals surface area contributed by atoms with Crippen LogP contribution in [0.1, 0.15) is 51.6 Å². The highest BCUT2D eigenvalue weighted by molar-refractivity contribution is 5.09. The summed E-state index contributed by atoms with van der Waals surface area (Å²) in [6, 6.07) is 2.51. The van der Waals surface area contributed by atoms with Crippen molar-refractivity contribution in [3.63, 3.8) is 0 Å². The second-order valence-corrected chi connectivity index (χ2v) is 7.01. The van der Waals surface area contributed by atoms with Gasteiger partial charge < -0.3 is 15.5 Å². The van der Waals surface area contributed by atoms with Crippen molar-refractivity contribution in [2.45, 2.75) is 64.6 Å². The Hall–Kier alpha value is -1.04. The zero-order valence-corrected chi connectivity index (χ0v) is 14.0. The predicted molar refractivity (Wildman–Crippen MR) is 86.6 cm³/mol. The highest BCUT2D eigenvalue weighted by atomic mass is 16.3. The summed E-state index contributed by atoms with van der Waals surface area (Å²) in [6.45, 7) is 8.40. The molecular formula is C17H29N3O2. The third-order valence-corrected chi connectivity index (χ3v) is 4.51. The van der Waals surface area contributed by atoms with Crippen LogP contribution in [0.25, 0.3) is 0 Å². The minimum absolute atomic E-state index is 0.0181. The van der Waals surface area contributed by atoms with E-state index in [-0.39, 0.29) is 24.5 Å². The van der Waals surface area contributed by atoms with E-state index in [0.717, 1.165) is 17.9 Å². The van der Waals surface area contributed by atoms with E-state index < -0.39 is 6.10 Å². The van der Waals surface area contributed by atoms with E-state index in [0.29, 0.717) is 18.4 Å². The molecule has 5 nitrogen and oxygen atoms in total. The Kier molecular flexibility index (Phi) is 5.89. The van der Waals surface area contributed by atoms with Crippen LogP contribution in [0.15, 0.2) is 12.3 Å². The lowest BCUT2D eigenvalue weighted by molar-refractivity contribution is 0.0715. The summed E-state index contributed by atoms with van der Waals surface area (Å²) in [5, 5.41) is 23.4. The molecule has 1 heterocycles. The lowest BCUT2D eigenvalue weighted by Crippen LogP contribution is -2.40. The Balaban J connectivity index is 2.17. The van der Waals surface area contributed by atoms with Crippen molar-refractivity contribution in [1.29, 1.82) is 0 Å². The Morgan fingerprint density at radius 2 is 2.00 bits per heavy atom. The lowest BCUT2D eigenvalue weighted by atomic mass is 9.88. The van der Waals surface area contributed by atoms with E-state index in [1.165, 1.54) is 0 Å². The molecule has 0 spiro atoms. The van der Waals surface area contributed by atoms with Crippen LogP contribution < -0.4 is 5.32 Å². The van der Waals surface area contributed by atoms with Gasteiger partial charge >= 0.3 is 0 Å². The Morgan fingerprint density at radius 3 is 2.59 bits per heavy atom. The van der Waals surface area contributed by atoms with E-state index in [1.54, 1.807) is 0 Å². The summed E-state index contributed by atoms with van der Waals surface area (Å²) in [5.74, 6) is 1.25. The summed E-state index contributed by atoms with van der Waals surface area (Å²) < 4.78 is 0. The number of aliphatic hydroxyl groups excluding tert-OH is 2. The van der Waals surface area contributed by atoms with Crippen molar-refractivity contribution in [1.82, 2.24) is 15.3 Å². The number of hydrogen-bond acceptors (Lipinski definition) is 5. The summed E-state index contributed by atoms with van der Waals surface area (Å²) in [6.07, 6.45) is 2.81. The van der Waals surface area contributed by atoms with Crippen LogP contribution in [0.3, 0.4) is 0 Å².